The highest BCUT2D eigenvalue weighted by atomic mass is 16.6. The lowest BCUT2D eigenvalue weighted by Crippen LogP contribution is -2.10. The standard InChI is InChI=1S/C7H8N3O4/c1-6(11)14-3-2-9-5-8-4-7(9)10(12)13/h4H,2-3H2,1H3. The van der Waals surface area contributed by atoms with E-state index in [2.05, 4.69) is 16.0 Å². The highest BCUT2D eigenvalue weighted by Crippen LogP contribution is 2.08. The molecule has 14 heavy (non-hydrogen) atoms. The van der Waals surface area contributed by atoms with Gasteiger partial charge in [0.05, 0.1) is 0 Å². The van der Waals surface area contributed by atoms with Gasteiger partial charge in [0.2, 0.25) is 0 Å². The molecule has 0 atom stereocenters. The van der Waals surface area contributed by atoms with Gasteiger partial charge in [-0.1, -0.05) is 0 Å². The van der Waals surface area contributed by atoms with Gasteiger partial charge >= 0.3 is 11.8 Å². The van der Waals surface area contributed by atoms with Crippen LogP contribution in [0.5, 0.6) is 0 Å². The van der Waals surface area contributed by atoms with Crippen LogP contribution in [-0.2, 0) is 16.1 Å². The summed E-state index contributed by atoms with van der Waals surface area (Å²) in [4.78, 5) is 23.7. The van der Waals surface area contributed by atoms with Crippen molar-refractivity contribution in [3.8, 4) is 0 Å². The Morgan fingerprint density at radius 2 is 2.57 bits per heavy atom. The zero-order chi connectivity index (χ0) is 10.6. The van der Waals surface area contributed by atoms with E-state index in [4.69, 9.17) is 0 Å². The maximum atomic E-state index is 10.4. The monoisotopic (exact) mass is 198 g/mol. The maximum absolute atomic E-state index is 10.4. The van der Waals surface area contributed by atoms with Gasteiger partial charge in [-0.25, -0.2) is 4.98 Å². The second-order valence-electron chi connectivity index (χ2n) is 2.47. The van der Waals surface area contributed by atoms with Crippen molar-refractivity contribution in [3.63, 3.8) is 0 Å². The van der Waals surface area contributed by atoms with Crippen LogP contribution in [0.3, 0.4) is 0 Å². The number of rotatable bonds is 4. The van der Waals surface area contributed by atoms with Gasteiger partial charge in [-0.15, -0.1) is 0 Å². The fourth-order valence-electron chi connectivity index (χ4n) is 0.868. The first-order chi connectivity index (χ1) is 6.61. The summed E-state index contributed by atoms with van der Waals surface area (Å²) in [6.45, 7) is 1.52. The average Bonchev–Trinajstić information content (AvgIpc) is 2.51. The van der Waals surface area contributed by atoms with Crippen LogP contribution in [-0.4, -0.2) is 27.1 Å². The van der Waals surface area contributed by atoms with Crippen LogP contribution < -0.4 is 0 Å². The zero-order valence-corrected chi connectivity index (χ0v) is 7.47. The van der Waals surface area contributed by atoms with Gasteiger partial charge in [0.25, 0.3) is 6.33 Å². The van der Waals surface area contributed by atoms with E-state index in [0.29, 0.717) is 0 Å². The molecule has 0 saturated carbocycles. The first-order valence-electron chi connectivity index (χ1n) is 3.82. The minimum atomic E-state index is -0.572. The molecule has 0 fully saturated rings. The Labute approximate surface area is 79.5 Å². The Hall–Kier alpha value is -1.92. The number of carbonyl (C=O) groups is 1. The number of hydrogen-bond acceptors (Lipinski definition) is 5. The fourth-order valence-corrected chi connectivity index (χ4v) is 0.868. The van der Waals surface area contributed by atoms with Gasteiger partial charge in [-0.3, -0.25) is 4.79 Å². The first kappa shape index (κ1) is 10.2. The van der Waals surface area contributed by atoms with E-state index in [0.717, 1.165) is 6.20 Å². The summed E-state index contributed by atoms with van der Waals surface area (Å²) < 4.78 is 5.80. The Kier molecular flexibility index (Phi) is 3.16. The van der Waals surface area contributed by atoms with Crippen LogP contribution in [0.2, 0.25) is 0 Å². The van der Waals surface area contributed by atoms with Gasteiger partial charge < -0.3 is 14.9 Å². The minimum absolute atomic E-state index is 0.0725. The minimum Gasteiger partial charge on any atom is -0.462 e. The Morgan fingerprint density at radius 1 is 1.86 bits per heavy atom. The smallest absolute Gasteiger partial charge is 0.343 e. The van der Waals surface area contributed by atoms with Crippen molar-refractivity contribution in [1.82, 2.24) is 9.55 Å². The molecule has 0 aliphatic heterocycles. The number of hydrogen-bond donors (Lipinski definition) is 0. The van der Waals surface area contributed by atoms with Crippen LogP contribution in [0.4, 0.5) is 5.82 Å². The van der Waals surface area contributed by atoms with Crippen LogP contribution in [0, 0.1) is 16.4 Å². The summed E-state index contributed by atoms with van der Waals surface area (Å²) in [5.74, 6) is -0.593. The molecule has 7 nitrogen and oxygen atoms in total. The molecule has 1 radical (unpaired) electrons. The van der Waals surface area contributed by atoms with Gasteiger partial charge in [0, 0.05) is 6.92 Å². The zero-order valence-electron chi connectivity index (χ0n) is 7.47. The Morgan fingerprint density at radius 3 is 3.14 bits per heavy atom. The largest absolute Gasteiger partial charge is 0.462 e. The molecule has 0 aliphatic rings. The highest BCUT2D eigenvalue weighted by Gasteiger charge is 2.13. The molecule has 75 valence electrons. The van der Waals surface area contributed by atoms with Crippen molar-refractivity contribution in [2.45, 2.75) is 13.5 Å². The number of nitrogens with zero attached hydrogens (tertiary/aromatic N) is 3. The fraction of sp³-hybridized carbons (Fsp3) is 0.429. The lowest BCUT2D eigenvalue weighted by Gasteiger charge is -2.00. The third kappa shape index (κ3) is 2.54. The quantitative estimate of drug-likeness (QED) is 0.390. The lowest BCUT2D eigenvalue weighted by atomic mass is 10.6. The van der Waals surface area contributed by atoms with E-state index in [9.17, 15) is 14.9 Å². The predicted octanol–water partition coefficient (Wildman–Crippen LogP) is 0.155. The maximum Gasteiger partial charge on any atom is 0.343 e. The molecule has 7 heteroatoms. The van der Waals surface area contributed by atoms with Crippen molar-refractivity contribution in [2.24, 2.45) is 0 Å². The average molecular weight is 198 g/mol. The summed E-state index contributed by atoms with van der Waals surface area (Å²) in [5.41, 5.74) is 0. The second kappa shape index (κ2) is 4.35. The molecule has 1 heterocycles. The number of aromatic nitrogens is 2. The van der Waals surface area contributed by atoms with Crippen LogP contribution in [0.1, 0.15) is 6.92 Å². The van der Waals surface area contributed by atoms with E-state index >= 15 is 0 Å². The highest BCUT2D eigenvalue weighted by molar-refractivity contribution is 5.65. The summed E-state index contributed by atoms with van der Waals surface area (Å²) in [6, 6.07) is 0. The normalized spacial score (nSPS) is 9.79. The van der Waals surface area contributed by atoms with Gasteiger partial charge in [0.15, 0.2) is 0 Å². The summed E-state index contributed by atoms with van der Waals surface area (Å²) in [5, 5.41) is 10.4. The Balaban J connectivity index is 2.54. The van der Waals surface area contributed by atoms with E-state index in [1.807, 2.05) is 0 Å². The van der Waals surface area contributed by atoms with Crippen LogP contribution in [0.25, 0.3) is 0 Å². The molecule has 1 aromatic heterocycles. The van der Waals surface area contributed by atoms with Gasteiger partial charge in [-0.2, -0.15) is 4.57 Å². The van der Waals surface area contributed by atoms with Crippen molar-refractivity contribution >= 4 is 11.8 Å². The summed E-state index contributed by atoms with van der Waals surface area (Å²) in [6.07, 6.45) is 3.49. The molecule has 0 aliphatic carbocycles. The predicted molar refractivity (Wildman–Crippen MR) is 44.4 cm³/mol. The molecule has 0 N–H and O–H groups in total. The van der Waals surface area contributed by atoms with Crippen molar-refractivity contribution in [2.75, 3.05) is 6.61 Å². The Bertz CT molecular complexity index is 346. The van der Waals surface area contributed by atoms with Gasteiger partial charge in [0.1, 0.15) is 19.3 Å². The second-order valence-corrected chi connectivity index (χ2v) is 2.47. The van der Waals surface area contributed by atoms with E-state index in [1.54, 1.807) is 0 Å². The third-order valence-electron chi connectivity index (χ3n) is 1.44. The molecular formula is C7H8N3O4. The van der Waals surface area contributed by atoms with Crippen molar-refractivity contribution < 1.29 is 14.5 Å². The number of imidazole rings is 1. The molecule has 0 unspecified atom stereocenters. The summed E-state index contributed by atoms with van der Waals surface area (Å²) in [7, 11) is 0. The molecule has 0 spiro atoms. The topological polar surface area (TPSA) is 87.3 Å². The van der Waals surface area contributed by atoms with Gasteiger partial charge in [-0.05, 0) is 4.92 Å². The molecule has 1 aromatic rings. The van der Waals surface area contributed by atoms with E-state index in [1.165, 1.54) is 11.5 Å². The number of nitro groups is 1. The molecular weight excluding hydrogens is 190 g/mol. The molecule has 1 rings (SSSR count). The van der Waals surface area contributed by atoms with E-state index in [-0.39, 0.29) is 19.0 Å². The molecule has 0 bridgehead atoms. The number of carbonyl (C=O) groups excluding carboxylic acids is 1. The third-order valence-corrected chi connectivity index (χ3v) is 1.44. The van der Waals surface area contributed by atoms with Crippen LogP contribution in [0.15, 0.2) is 6.20 Å². The first-order valence-corrected chi connectivity index (χ1v) is 3.82. The molecule has 0 amide bonds. The SMILES string of the molecule is CC(=O)OCCn1[c]ncc1[N+](=O)[O-]. The molecule has 0 aromatic carbocycles. The van der Waals surface area contributed by atoms with Crippen molar-refractivity contribution in [1.29, 1.82) is 0 Å². The molecule has 0 saturated heterocycles. The number of esters is 1. The summed E-state index contributed by atoms with van der Waals surface area (Å²) >= 11 is 0. The van der Waals surface area contributed by atoms with E-state index < -0.39 is 10.9 Å². The van der Waals surface area contributed by atoms with Crippen LogP contribution >= 0.6 is 0 Å². The lowest BCUT2D eigenvalue weighted by molar-refractivity contribution is -0.392. The van der Waals surface area contributed by atoms with Crippen molar-refractivity contribution in [3.05, 3.63) is 22.6 Å². The number of ether oxygens (including phenoxy) is 1.